The number of ether oxygens (including phenoxy) is 1. The van der Waals surface area contributed by atoms with E-state index in [4.69, 9.17) is 0 Å². The molecule has 2 N–H and O–H groups in total. The lowest BCUT2D eigenvalue weighted by Gasteiger charge is -2.21. The summed E-state index contributed by atoms with van der Waals surface area (Å²) in [5.41, 5.74) is 0.734. The van der Waals surface area contributed by atoms with E-state index < -0.39 is 0 Å². The van der Waals surface area contributed by atoms with Crippen LogP contribution in [0.25, 0.3) is 0 Å². The van der Waals surface area contributed by atoms with Crippen molar-refractivity contribution < 1.29 is 9.53 Å². The SMILES string of the molecule is CCCNc1nc(C(C)(C)C)nc(NCC(=O)OC)c1C. The van der Waals surface area contributed by atoms with Crippen LogP contribution < -0.4 is 10.6 Å². The molecule has 0 fully saturated rings. The van der Waals surface area contributed by atoms with Gasteiger partial charge < -0.3 is 15.4 Å². The Morgan fingerprint density at radius 1 is 1.19 bits per heavy atom. The Bertz CT molecular complexity index is 495. The molecule has 0 bridgehead atoms. The number of aromatic nitrogens is 2. The summed E-state index contributed by atoms with van der Waals surface area (Å²) in [4.78, 5) is 20.5. The minimum Gasteiger partial charge on any atom is -0.468 e. The Kier molecular flexibility index (Phi) is 5.93. The van der Waals surface area contributed by atoms with Crippen LogP contribution in [0.15, 0.2) is 0 Å². The third-order valence-corrected chi connectivity index (χ3v) is 2.99. The first kappa shape index (κ1) is 17.2. The Morgan fingerprint density at radius 3 is 2.24 bits per heavy atom. The lowest BCUT2D eigenvalue weighted by molar-refractivity contribution is -0.138. The zero-order valence-corrected chi connectivity index (χ0v) is 13.8. The summed E-state index contributed by atoms with van der Waals surface area (Å²) in [5.74, 6) is 1.88. The van der Waals surface area contributed by atoms with Gasteiger partial charge in [0, 0.05) is 17.5 Å². The van der Waals surface area contributed by atoms with Gasteiger partial charge in [0.15, 0.2) is 0 Å². The van der Waals surface area contributed by atoms with Crippen LogP contribution in [-0.2, 0) is 14.9 Å². The first-order chi connectivity index (χ1) is 9.79. The van der Waals surface area contributed by atoms with Gasteiger partial charge in [-0.2, -0.15) is 0 Å². The van der Waals surface area contributed by atoms with Crippen molar-refractivity contribution in [1.82, 2.24) is 9.97 Å². The molecule has 0 aliphatic rings. The van der Waals surface area contributed by atoms with Crippen LogP contribution in [0.2, 0.25) is 0 Å². The Labute approximate surface area is 126 Å². The molecule has 0 saturated carbocycles. The summed E-state index contributed by atoms with van der Waals surface area (Å²) < 4.78 is 4.64. The summed E-state index contributed by atoms with van der Waals surface area (Å²) in [6, 6.07) is 0. The van der Waals surface area contributed by atoms with Gasteiger partial charge in [0.1, 0.15) is 24.0 Å². The minimum absolute atomic E-state index is 0.0884. The zero-order chi connectivity index (χ0) is 16.0. The topological polar surface area (TPSA) is 76.1 Å². The highest BCUT2D eigenvalue weighted by atomic mass is 16.5. The number of rotatable bonds is 6. The standard InChI is InChI=1S/C15H26N4O2/c1-7-8-16-12-10(2)13(17-9-11(20)21-6)19-14(18-12)15(3,4)5/h7-9H2,1-6H3,(H2,16,17,18,19). The number of carbonyl (C=O) groups is 1. The van der Waals surface area contributed by atoms with Gasteiger partial charge in [-0.1, -0.05) is 27.7 Å². The quantitative estimate of drug-likeness (QED) is 0.785. The third-order valence-electron chi connectivity index (χ3n) is 2.99. The van der Waals surface area contributed by atoms with Gasteiger partial charge in [0.2, 0.25) is 0 Å². The van der Waals surface area contributed by atoms with Crippen molar-refractivity contribution in [3.8, 4) is 0 Å². The van der Waals surface area contributed by atoms with Crippen LogP contribution >= 0.6 is 0 Å². The predicted octanol–water partition coefficient (Wildman–Crippen LogP) is 2.49. The molecule has 0 aliphatic carbocycles. The fourth-order valence-corrected chi connectivity index (χ4v) is 1.67. The summed E-state index contributed by atoms with van der Waals surface area (Å²) in [6.45, 7) is 11.2. The predicted molar refractivity (Wildman–Crippen MR) is 84.8 cm³/mol. The van der Waals surface area contributed by atoms with Gasteiger partial charge in [0.25, 0.3) is 0 Å². The number of nitrogens with zero attached hydrogens (tertiary/aromatic N) is 2. The molecule has 1 heterocycles. The normalized spacial score (nSPS) is 11.1. The van der Waals surface area contributed by atoms with Gasteiger partial charge in [-0.15, -0.1) is 0 Å². The second-order valence-corrected chi connectivity index (χ2v) is 5.98. The first-order valence-corrected chi connectivity index (χ1v) is 7.23. The smallest absolute Gasteiger partial charge is 0.325 e. The van der Waals surface area contributed by atoms with Crippen molar-refractivity contribution >= 4 is 17.6 Å². The van der Waals surface area contributed by atoms with E-state index in [0.717, 1.165) is 30.2 Å². The molecule has 1 aromatic heterocycles. The highest BCUT2D eigenvalue weighted by Crippen LogP contribution is 2.26. The van der Waals surface area contributed by atoms with Gasteiger partial charge in [-0.05, 0) is 13.3 Å². The molecule has 6 nitrogen and oxygen atoms in total. The van der Waals surface area contributed by atoms with E-state index in [0.29, 0.717) is 5.82 Å². The summed E-state index contributed by atoms with van der Waals surface area (Å²) in [5, 5.41) is 6.34. The molecule has 0 unspecified atom stereocenters. The van der Waals surface area contributed by atoms with Crippen LogP contribution in [0, 0.1) is 6.92 Å². The van der Waals surface area contributed by atoms with Crippen molar-refractivity contribution in [2.45, 2.75) is 46.5 Å². The van der Waals surface area contributed by atoms with Crippen molar-refractivity contribution in [3.63, 3.8) is 0 Å². The lowest BCUT2D eigenvalue weighted by Crippen LogP contribution is -2.22. The number of hydrogen-bond acceptors (Lipinski definition) is 6. The monoisotopic (exact) mass is 294 g/mol. The summed E-state index contributed by atoms with van der Waals surface area (Å²) >= 11 is 0. The highest BCUT2D eigenvalue weighted by Gasteiger charge is 2.21. The van der Waals surface area contributed by atoms with Gasteiger partial charge in [-0.3, -0.25) is 4.79 Å². The number of nitrogens with one attached hydrogen (secondary N) is 2. The molecule has 0 aromatic carbocycles. The van der Waals surface area contributed by atoms with Crippen molar-refractivity contribution in [2.24, 2.45) is 0 Å². The Balaban J connectivity index is 3.11. The van der Waals surface area contributed by atoms with Crippen molar-refractivity contribution in [3.05, 3.63) is 11.4 Å². The highest BCUT2D eigenvalue weighted by molar-refractivity contribution is 5.75. The summed E-state index contributed by atoms with van der Waals surface area (Å²) in [7, 11) is 1.37. The molecule has 0 aliphatic heterocycles. The molecular weight excluding hydrogens is 268 g/mol. The van der Waals surface area contributed by atoms with Crippen LogP contribution in [0.1, 0.15) is 45.5 Å². The molecular formula is C15H26N4O2. The fraction of sp³-hybridized carbons (Fsp3) is 0.667. The van der Waals surface area contributed by atoms with E-state index in [1.54, 1.807) is 0 Å². The maximum atomic E-state index is 11.3. The Morgan fingerprint density at radius 2 is 1.76 bits per heavy atom. The van der Waals surface area contributed by atoms with E-state index >= 15 is 0 Å². The van der Waals surface area contributed by atoms with Crippen LogP contribution in [-0.4, -0.2) is 36.1 Å². The van der Waals surface area contributed by atoms with Crippen molar-refractivity contribution in [2.75, 3.05) is 30.8 Å². The molecule has 0 spiro atoms. The average molecular weight is 294 g/mol. The molecule has 1 aromatic rings. The first-order valence-electron chi connectivity index (χ1n) is 7.23. The van der Waals surface area contributed by atoms with E-state index in [9.17, 15) is 4.79 Å². The van der Waals surface area contributed by atoms with Crippen molar-refractivity contribution in [1.29, 1.82) is 0 Å². The Hall–Kier alpha value is -1.85. The molecule has 1 rings (SSSR count). The molecule has 0 atom stereocenters. The van der Waals surface area contributed by atoms with Gasteiger partial charge >= 0.3 is 5.97 Å². The van der Waals surface area contributed by atoms with Crippen LogP contribution in [0.4, 0.5) is 11.6 Å². The van der Waals surface area contributed by atoms with E-state index in [2.05, 4.69) is 53.0 Å². The number of esters is 1. The van der Waals surface area contributed by atoms with E-state index in [1.807, 2.05) is 6.92 Å². The molecule has 0 radical (unpaired) electrons. The van der Waals surface area contributed by atoms with E-state index in [1.165, 1.54) is 7.11 Å². The third kappa shape index (κ3) is 4.88. The number of anilines is 2. The van der Waals surface area contributed by atoms with Gasteiger partial charge in [0.05, 0.1) is 7.11 Å². The maximum absolute atomic E-state index is 11.3. The number of hydrogen-bond donors (Lipinski definition) is 2. The zero-order valence-electron chi connectivity index (χ0n) is 13.8. The largest absolute Gasteiger partial charge is 0.468 e. The molecule has 118 valence electrons. The summed E-state index contributed by atoms with van der Waals surface area (Å²) in [6.07, 6.45) is 1.01. The second kappa shape index (κ2) is 7.24. The van der Waals surface area contributed by atoms with Gasteiger partial charge in [-0.25, -0.2) is 9.97 Å². The molecule has 6 heteroatoms. The average Bonchev–Trinajstić information content (AvgIpc) is 2.43. The van der Waals surface area contributed by atoms with Crippen LogP contribution in [0.3, 0.4) is 0 Å². The minimum atomic E-state index is -0.326. The fourth-order valence-electron chi connectivity index (χ4n) is 1.67. The lowest BCUT2D eigenvalue weighted by atomic mass is 9.95. The molecule has 0 saturated heterocycles. The maximum Gasteiger partial charge on any atom is 0.325 e. The number of methoxy groups -OCH3 is 1. The van der Waals surface area contributed by atoms with Crippen LogP contribution in [0.5, 0.6) is 0 Å². The van der Waals surface area contributed by atoms with E-state index in [-0.39, 0.29) is 17.9 Å². The molecule has 0 amide bonds. The number of carbonyl (C=O) groups excluding carboxylic acids is 1. The second-order valence-electron chi connectivity index (χ2n) is 5.98. The molecule has 21 heavy (non-hydrogen) atoms.